The molecule has 0 aliphatic rings. The molecule has 0 aliphatic heterocycles. The van der Waals surface area contributed by atoms with Crippen LogP contribution >= 0.6 is 0 Å². The molecule has 2 aromatic rings. The summed E-state index contributed by atoms with van der Waals surface area (Å²) in [5, 5.41) is 2.91. The first kappa shape index (κ1) is 17.8. The number of carbonyl (C=O) groups excluding carboxylic acids is 1. The first-order valence-electron chi connectivity index (χ1n) is 8.27. The van der Waals surface area contributed by atoms with E-state index in [0.29, 0.717) is 32.6 Å². The van der Waals surface area contributed by atoms with Crippen molar-refractivity contribution >= 4 is 5.91 Å². The highest BCUT2D eigenvalue weighted by atomic mass is 16.5. The predicted octanol–water partition coefficient (Wildman–Crippen LogP) is 3.13. The van der Waals surface area contributed by atoms with Crippen LogP contribution in [0.2, 0.25) is 0 Å². The van der Waals surface area contributed by atoms with Crippen LogP contribution in [0.5, 0.6) is 11.5 Å². The van der Waals surface area contributed by atoms with Crippen LogP contribution in [-0.4, -0.2) is 24.1 Å². The van der Waals surface area contributed by atoms with Gasteiger partial charge in [0.15, 0.2) is 11.5 Å². The summed E-state index contributed by atoms with van der Waals surface area (Å²) in [5.74, 6) is 1.49. The molecular weight excluding hydrogens is 304 g/mol. The van der Waals surface area contributed by atoms with Gasteiger partial charge in [0, 0.05) is 25.4 Å². The lowest BCUT2D eigenvalue weighted by molar-refractivity contribution is -0.121. The molecule has 0 fully saturated rings. The second-order valence-corrected chi connectivity index (χ2v) is 5.29. The van der Waals surface area contributed by atoms with Crippen molar-refractivity contribution in [1.82, 2.24) is 10.3 Å². The fourth-order valence-electron chi connectivity index (χ4n) is 2.30. The van der Waals surface area contributed by atoms with Crippen molar-refractivity contribution in [2.45, 2.75) is 33.2 Å². The Kier molecular flexibility index (Phi) is 7.08. The molecule has 1 heterocycles. The van der Waals surface area contributed by atoms with Crippen LogP contribution < -0.4 is 14.8 Å². The molecule has 24 heavy (non-hydrogen) atoms. The van der Waals surface area contributed by atoms with Gasteiger partial charge in [-0.15, -0.1) is 0 Å². The van der Waals surface area contributed by atoms with Crippen LogP contribution in [0.3, 0.4) is 0 Å². The summed E-state index contributed by atoms with van der Waals surface area (Å²) in [6, 6.07) is 9.62. The minimum Gasteiger partial charge on any atom is -0.490 e. The summed E-state index contributed by atoms with van der Waals surface area (Å²) in [4.78, 5) is 16.0. The first-order valence-corrected chi connectivity index (χ1v) is 8.27. The van der Waals surface area contributed by atoms with Crippen molar-refractivity contribution in [3.8, 4) is 11.5 Å². The Labute approximate surface area is 143 Å². The number of aryl methyl sites for hydroxylation is 1. The molecule has 0 saturated heterocycles. The fourth-order valence-corrected chi connectivity index (χ4v) is 2.30. The van der Waals surface area contributed by atoms with E-state index in [0.717, 1.165) is 22.6 Å². The third kappa shape index (κ3) is 5.57. The number of hydrogen-bond acceptors (Lipinski definition) is 4. The normalized spacial score (nSPS) is 10.2. The van der Waals surface area contributed by atoms with Crippen LogP contribution in [-0.2, 0) is 17.8 Å². The molecule has 1 aromatic carbocycles. The van der Waals surface area contributed by atoms with Crippen LogP contribution in [0.4, 0.5) is 0 Å². The second-order valence-electron chi connectivity index (χ2n) is 5.29. The Morgan fingerprint density at radius 1 is 1.08 bits per heavy atom. The number of ether oxygens (including phenoxy) is 2. The quantitative estimate of drug-likeness (QED) is 0.768. The number of hydrogen-bond donors (Lipinski definition) is 1. The van der Waals surface area contributed by atoms with Gasteiger partial charge in [-0.25, -0.2) is 0 Å². The maximum Gasteiger partial charge on any atom is 0.220 e. The van der Waals surface area contributed by atoms with Crippen LogP contribution in [0.15, 0.2) is 42.7 Å². The lowest BCUT2D eigenvalue weighted by atomic mass is 10.1. The van der Waals surface area contributed by atoms with E-state index in [-0.39, 0.29) is 5.91 Å². The van der Waals surface area contributed by atoms with Gasteiger partial charge in [-0.3, -0.25) is 9.78 Å². The van der Waals surface area contributed by atoms with Gasteiger partial charge in [-0.05, 0) is 49.6 Å². The average Bonchev–Trinajstić information content (AvgIpc) is 2.61. The molecule has 1 amide bonds. The number of nitrogens with zero attached hydrogens (tertiary/aromatic N) is 1. The summed E-state index contributed by atoms with van der Waals surface area (Å²) in [6.45, 7) is 5.55. The van der Waals surface area contributed by atoms with E-state index in [2.05, 4.69) is 10.3 Å². The van der Waals surface area contributed by atoms with Crippen molar-refractivity contribution in [3.63, 3.8) is 0 Å². The Balaban J connectivity index is 1.86. The second kappa shape index (κ2) is 9.55. The first-order chi connectivity index (χ1) is 11.7. The molecule has 1 N–H and O–H groups in total. The Morgan fingerprint density at radius 3 is 2.58 bits per heavy atom. The van der Waals surface area contributed by atoms with E-state index in [9.17, 15) is 4.79 Å². The van der Waals surface area contributed by atoms with Gasteiger partial charge in [0.25, 0.3) is 0 Å². The molecule has 0 saturated carbocycles. The molecule has 0 bridgehead atoms. The monoisotopic (exact) mass is 328 g/mol. The van der Waals surface area contributed by atoms with Crippen molar-refractivity contribution in [3.05, 3.63) is 53.9 Å². The van der Waals surface area contributed by atoms with Gasteiger partial charge in [0.1, 0.15) is 0 Å². The third-order valence-electron chi connectivity index (χ3n) is 3.46. The van der Waals surface area contributed by atoms with E-state index in [4.69, 9.17) is 9.47 Å². The van der Waals surface area contributed by atoms with Crippen molar-refractivity contribution < 1.29 is 14.3 Å². The van der Waals surface area contributed by atoms with Crippen LogP contribution in [0.1, 0.15) is 31.4 Å². The van der Waals surface area contributed by atoms with Gasteiger partial charge in [-0.1, -0.05) is 12.1 Å². The number of pyridine rings is 1. The van der Waals surface area contributed by atoms with Gasteiger partial charge >= 0.3 is 0 Å². The number of benzene rings is 1. The topological polar surface area (TPSA) is 60.5 Å². The van der Waals surface area contributed by atoms with E-state index >= 15 is 0 Å². The van der Waals surface area contributed by atoms with Crippen molar-refractivity contribution in [1.29, 1.82) is 0 Å². The Morgan fingerprint density at radius 2 is 1.88 bits per heavy atom. The SMILES string of the molecule is CCOc1ccc(CCC(=O)NCc2cccnc2)cc1OCC. The van der Waals surface area contributed by atoms with E-state index in [1.54, 1.807) is 12.4 Å². The van der Waals surface area contributed by atoms with Gasteiger partial charge in [-0.2, -0.15) is 0 Å². The maximum atomic E-state index is 12.0. The Bertz CT molecular complexity index is 644. The maximum absolute atomic E-state index is 12.0. The van der Waals surface area contributed by atoms with Crippen molar-refractivity contribution in [2.24, 2.45) is 0 Å². The Hall–Kier alpha value is -2.56. The van der Waals surface area contributed by atoms with Crippen LogP contribution in [0.25, 0.3) is 0 Å². The zero-order valence-electron chi connectivity index (χ0n) is 14.2. The molecule has 1 aromatic heterocycles. The number of amides is 1. The number of carbonyl (C=O) groups is 1. The molecule has 0 spiro atoms. The molecule has 0 atom stereocenters. The smallest absolute Gasteiger partial charge is 0.220 e. The molecule has 2 rings (SSSR count). The standard InChI is InChI=1S/C19H24N2O3/c1-3-23-17-9-7-15(12-18(17)24-4-2)8-10-19(22)21-14-16-6-5-11-20-13-16/h5-7,9,11-13H,3-4,8,10,14H2,1-2H3,(H,21,22). The third-order valence-corrected chi connectivity index (χ3v) is 3.46. The lowest BCUT2D eigenvalue weighted by Gasteiger charge is -2.12. The van der Waals surface area contributed by atoms with Gasteiger partial charge in [0.05, 0.1) is 13.2 Å². The van der Waals surface area contributed by atoms with E-state index in [1.807, 2.05) is 44.2 Å². The fraction of sp³-hybridized carbons (Fsp3) is 0.368. The minimum atomic E-state index is 0.0192. The van der Waals surface area contributed by atoms with Gasteiger partial charge in [0.2, 0.25) is 5.91 Å². The molecule has 0 unspecified atom stereocenters. The van der Waals surface area contributed by atoms with Crippen LogP contribution in [0, 0.1) is 0 Å². The zero-order valence-corrected chi connectivity index (χ0v) is 14.2. The molecule has 5 heteroatoms. The van der Waals surface area contributed by atoms with E-state index in [1.165, 1.54) is 0 Å². The minimum absolute atomic E-state index is 0.0192. The molecule has 0 aliphatic carbocycles. The zero-order chi connectivity index (χ0) is 17.2. The van der Waals surface area contributed by atoms with Crippen molar-refractivity contribution in [2.75, 3.05) is 13.2 Å². The van der Waals surface area contributed by atoms with Gasteiger partial charge < -0.3 is 14.8 Å². The largest absolute Gasteiger partial charge is 0.490 e. The number of nitrogens with one attached hydrogen (secondary N) is 1. The number of rotatable bonds is 9. The predicted molar refractivity (Wildman–Crippen MR) is 93.2 cm³/mol. The summed E-state index contributed by atoms with van der Waals surface area (Å²) < 4.78 is 11.2. The lowest BCUT2D eigenvalue weighted by Crippen LogP contribution is -2.23. The highest BCUT2D eigenvalue weighted by molar-refractivity contribution is 5.76. The average molecular weight is 328 g/mol. The number of aromatic nitrogens is 1. The molecule has 5 nitrogen and oxygen atoms in total. The summed E-state index contributed by atoms with van der Waals surface area (Å²) in [6.07, 6.45) is 4.56. The highest BCUT2D eigenvalue weighted by Crippen LogP contribution is 2.28. The molecular formula is C19H24N2O3. The van der Waals surface area contributed by atoms with E-state index < -0.39 is 0 Å². The summed E-state index contributed by atoms with van der Waals surface area (Å²) in [7, 11) is 0. The molecule has 0 radical (unpaired) electrons. The summed E-state index contributed by atoms with van der Waals surface area (Å²) >= 11 is 0. The summed E-state index contributed by atoms with van der Waals surface area (Å²) in [5.41, 5.74) is 2.05. The highest BCUT2D eigenvalue weighted by Gasteiger charge is 2.08. The molecule has 128 valence electrons.